The topological polar surface area (TPSA) is 24.5 Å². The molecule has 20 heavy (non-hydrogen) atoms. The van der Waals surface area contributed by atoms with Gasteiger partial charge in [-0.05, 0) is 68.7 Å². The third kappa shape index (κ3) is 4.37. The number of nitrogens with one attached hydrogen (secondary N) is 1. The van der Waals surface area contributed by atoms with Gasteiger partial charge in [-0.3, -0.25) is 4.90 Å². The molecule has 0 spiro atoms. The van der Waals surface area contributed by atoms with E-state index in [1.54, 1.807) is 7.11 Å². The van der Waals surface area contributed by atoms with Gasteiger partial charge >= 0.3 is 0 Å². The van der Waals surface area contributed by atoms with Crippen LogP contribution < -0.4 is 10.1 Å². The van der Waals surface area contributed by atoms with Gasteiger partial charge in [0.25, 0.3) is 0 Å². The summed E-state index contributed by atoms with van der Waals surface area (Å²) in [5.74, 6) is 1.71. The van der Waals surface area contributed by atoms with E-state index >= 15 is 0 Å². The summed E-state index contributed by atoms with van der Waals surface area (Å²) < 4.78 is 5.27. The van der Waals surface area contributed by atoms with Crippen molar-refractivity contribution in [2.24, 2.45) is 5.92 Å². The maximum atomic E-state index is 6.28. The lowest BCUT2D eigenvalue weighted by molar-refractivity contribution is 0.176. The van der Waals surface area contributed by atoms with Crippen LogP contribution in [0.15, 0.2) is 18.2 Å². The molecule has 1 aromatic carbocycles. The summed E-state index contributed by atoms with van der Waals surface area (Å²) in [5.41, 5.74) is 1.16. The largest absolute Gasteiger partial charge is 0.497 e. The molecule has 0 unspecified atom stereocenters. The Morgan fingerprint density at radius 2 is 2.10 bits per heavy atom. The van der Waals surface area contributed by atoms with Crippen molar-refractivity contribution in [1.82, 2.24) is 10.2 Å². The van der Waals surface area contributed by atoms with Crippen LogP contribution >= 0.6 is 11.6 Å². The van der Waals surface area contributed by atoms with Crippen LogP contribution in [0, 0.1) is 5.92 Å². The van der Waals surface area contributed by atoms with Gasteiger partial charge in [-0.2, -0.15) is 0 Å². The zero-order chi connectivity index (χ0) is 14.4. The summed E-state index contributed by atoms with van der Waals surface area (Å²) >= 11 is 6.28. The monoisotopic (exact) mass is 296 g/mol. The first-order valence-corrected chi connectivity index (χ1v) is 7.86. The van der Waals surface area contributed by atoms with Crippen molar-refractivity contribution in [2.45, 2.75) is 26.3 Å². The molecule has 1 heterocycles. The highest BCUT2D eigenvalue weighted by Crippen LogP contribution is 2.25. The van der Waals surface area contributed by atoms with Crippen molar-refractivity contribution in [3.05, 3.63) is 28.8 Å². The van der Waals surface area contributed by atoms with E-state index in [2.05, 4.69) is 17.1 Å². The summed E-state index contributed by atoms with van der Waals surface area (Å²) in [5, 5.41) is 4.28. The number of benzene rings is 1. The van der Waals surface area contributed by atoms with E-state index in [1.165, 1.54) is 12.8 Å². The average molecular weight is 297 g/mol. The van der Waals surface area contributed by atoms with Gasteiger partial charge in [0.2, 0.25) is 0 Å². The van der Waals surface area contributed by atoms with Crippen LogP contribution in [0.25, 0.3) is 0 Å². The summed E-state index contributed by atoms with van der Waals surface area (Å²) in [6, 6.07) is 5.88. The first-order chi connectivity index (χ1) is 9.72. The Labute approximate surface area is 127 Å². The number of nitrogens with zero attached hydrogens (tertiary/aromatic N) is 1. The third-order valence-corrected chi connectivity index (χ3v) is 4.41. The summed E-state index contributed by atoms with van der Waals surface area (Å²) in [7, 11) is 1.69. The van der Waals surface area contributed by atoms with Gasteiger partial charge in [0.1, 0.15) is 5.75 Å². The molecule has 1 saturated heterocycles. The molecule has 1 aromatic rings. The van der Waals surface area contributed by atoms with Gasteiger partial charge in [0, 0.05) is 11.6 Å². The highest BCUT2D eigenvalue weighted by atomic mass is 35.5. The van der Waals surface area contributed by atoms with Crippen LogP contribution in [0.3, 0.4) is 0 Å². The molecule has 1 fully saturated rings. The molecule has 1 aliphatic rings. The fourth-order valence-electron chi connectivity index (χ4n) is 2.74. The fourth-order valence-corrected chi connectivity index (χ4v) is 2.91. The smallest absolute Gasteiger partial charge is 0.119 e. The van der Waals surface area contributed by atoms with Gasteiger partial charge in [-0.25, -0.2) is 0 Å². The van der Waals surface area contributed by atoms with Gasteiger partial charge in [-0.1, -0.05) is 18.5 Å². The Morgan fingerprint density at radius 1 is 1.35 bits per heavy atom. The minimum atomic E-state index is 0.826. The number of halogens is 1. The Bertz CT molecular complexity index is 417. The van der Waals surface area contributed by atoms with Gasteiger partial charge in [-0.15, -0.1) is 0 Å². The predicted octanol–water partition coefficient (Wildman–Crippen LogP) is 3.17. The maximum absolute atomic E-state index is 6.28. The van der Waals surface area contributed by atoms with E-state index in [0.717, 1.165) is 55.0 Å². The van der Waals surface area contributed by atoms with Gasteiger partial charge in [0.15, 0.2) is 0 Å². The number of hydrogen-bond acceptors (Lipinski definition) is 3. The molecular weight excluding hydrogens is 272 g/mol. The minimum Gasteiger partial charge on any atom is -0.497 e. The number of rotatable bonds is 6. The standard InChI is InChI=1S/C16H25ClN2O/c1-3-18-11-13-6-8-19(9-7-13)12-14-10-15(20-2)4-5-16(14)17/h4-5,10,13,18H,3,6-9,11-12H2,1-2H3. The highest BCUT2D eigenvalue weighted by molar-refractivity contribution is 6.31. The SMILES string of the molecule is CCNCC1CCN(Cc2cc(OC)ccc2Cl)CC1. The maximum Gasteiger partial charge on any atom is 0.119 e. The van der Waals surface area contributed by atoms with E-state index in [1.807, 2.05) is 18.2 Å². The highest BCUT2D eigenvalue weighted by Gasteiger charge is 2.19. The summed E-state index contributed by atoms with van der Waals surface area (Å²) in [6.45, 7) is 7.63. The number of ether oxygens (including phenoxy) is 1. The van der Waals surface area contributed by atoms with Crippen LogP contribution in [-0.4, -0.2) is 38.2 Å². The Kier molecular flexibility index (Phi) is 6.14. The van der Waals surface area contributed by atoms with Crippen molar-refractivity contribution >= 4 is 11.6 Å². The minimum absolute atomic E-state index is 0.826. The second-order valence-corrected chi connectivity index (χ2v) is 5.89. The van der Waals surface area contributed by atoms with Gasteiger partial charge < -0.3 is 10.1 Å². The first kappa shape index (κ1) is 15.6. The van der Waals surface area contributed by atoms with Crippen LogP contribution in [-0.2, 0) is 6.54 Å². The Morgan fingerprint density at radius 3 is 2.75 bits per heavy atom. The fraction of sp³-hybridized carbons (Fsp3) is 0.625. The van der Waals surface area contributed by atoms with E-state index in [4.69, 9.17) is 16.3 Å². The molecule has 0 aliphatic carbocycles. The zero-order valence-electron chi connectivity index (χ0n) is 12.5. The van der Waals surface area contributed by atoms with Crippen molar-refractivity contribution in [3.8, 4) is 5.75 Å². The molecule has 0 aromatic heterocycles. The second kappa shape index (κ2) is 7.87. The molecule has 0 amide bonds. The number of likely N-dealkylation sites (tertiary alicyclic amines) is 1. The lowest BCUT2D eigenvalue weighted by atomic mass is 9.96. The van der Waals surface area contributed by atoms with Crippen molar-refractivity contribution in [2.75, 3.05) is 33.3 Å². The summed E-state index contributed by atoms with van der Waals surface area (Å²) in [6.07, 6.45) is 2.54. The third-order valence-electron chi connectivity index (χ3n) is 4.04. The van der Waals surface area contributed by atoms with E-state index < -0.39 is 0 Å². The molecule has 2 rings (SSSR count). The van der Waals surface area contributed by atoms with Crippen LogP contribution in [0.5, 0.6) is 5.75 Å². The van der Waals surface area contributed by atoms with Crippen LogP contribution in [0.1, 0.15) is 25.3 Å². The van der Waals surface area contributed by atoms with Gasteiger partial charge in [0.05, 0.1) is 7.11 Å². The van der Waals surface area contributed by atoms with E-state index in [0.29, 0.717) is 0 Å². The molecule has 0 bridgehead atoms. The van der Waals surface area contributed by atoms with Crippen molar-refractivity contribution in [3.63, 3.8) is 0 Å². The molecule has 0 radical (unpaired) electrons. The predicted molar refractivity (Wildman–Crippen MR) is 84.5 cm³/mol. The van der Waals surface area contributed by atoms with Crippen molar-refractivity contribution < 1.29 is 4.74 Å². The quantitative estimate of drug-likeness (QED) is 0.873. The Balaban J connectivity index is 1.86. The zero-order valence-corrected chi connectivity index (χ0v) is 13.2. The number of hydrogen-bond donors (Lipinski definition) is 1. The molecule has 0 atom stereocenters. The molecule has 112 valence electrons. The molecule has 1 N–H and O–H groups in total. The van der Waals surface area contributed by atoms with Crippen LogP contribution in [0.4, 0.5) is 0 Å². The van der Waals surface area contributed by atoms with Crippen LogP contribution in [0.2, 0.25) is 5.02 Å². The normalized spacial score (nSPS) is 17.4. The molecule has 3 nitrogen and oxygen atoms in total. The molecule has 4 heteroatoms. The number of methoxy groups -OCH3 is 1. The first-order valence-electron chi connectivity index (χ1n) is 7.48. The number of piperidine rings is 1. The Hall–Kier alpha value is -0.770. The molecule has 1 aliphatic heterocycles. The lowest BCUT2D eigenvalue weighted by Gasteiger charge is -2.32. The average Bonchev–Trinajstić information content (AvgIpc) is 2.49. The van der Waals surface area contributed by atoms with E-state index in [-0.39, 0.29) is 0 Å². The summed E-state index contributed by atoms with van der Waals surface area (Å²) in [4.78, 5) is 2.49. The second-order valence-electron chi connectivity index (χ2n) is 5.48. The molecule has 0 saturated carbocycles. The van der Waals surface area contributed by atoms with E-state index in [9.17, 15) is 0 Å². The molecular formula is C16H25ClN2O. The van der Waals surface area contributed by atoms with Crippen molar-refractivity contribution in [1.29, 1.82) is 0 Å². The lowest BCUT2D eigenvalue weighted by Crippen LogP contribution is -2.36.